The van der Waals surface area contributed by atoms with Crippen molar-refractivity contribution in [1.29, 1.82) is 0 Å². The van der Waals surface area contributed by atoms with Crippen molar-refractivity contribution in [3.05, 3.63) is 42.0 Å². The number of benzene rings is 2. The highest BCUT2D eigenvalue weighted by atomic mass is 16.5. The van der Waals surface area contributed by atoms with Gasteiger partial charge in [0.2, 0.25) is 0 Å². The van der Waals surface area contributed by atoms with Crippen LogP contribution in [0.15, 0.2) is 36.4 Å². The summed E-state index contributed by atoms with van der Waals surface area (Å²) in [6, 6.07) is 15.1. The van der Waals surface area contributed by atoms with Crippen molar-refractivity contribution in [3.8, 4) is 22.9 Å². The van der Waals surface area contributed by atoms with E-state index in [2.05, 4.69) is 52.5 Å². The summed E-state index contributed by atoms with van der Waals surface area (Å²) in [5.74, 6) is 3.08. The number of likely N-dealkylation sites (tertiary alicyclic amines) is 2. The van der Waals surface area contributed by atoms with Crippen LogP contribution in [0, 0.1) is 0 Å². The van der Waals surface area contributed by atoms with E-state index in [0.717, 1.165) is 40.5 Å². The van der Waals surface area contributed by atoms with Crippen molar-refractivity contribution in [2.45, 2.75) is 76.4 Å². The third-order valence-electron chi connectivity index (χ3n) is 8.95. The minimum absolute atomic E-state index is 0.298. The molecule has 0 atom stereocenters. The van der Waals surface area contributed by atoms with Crippen molar-refractivity contribution in [1.82, 2.24) is 19.4 Å². The van der Waals surface area contributed by atoms with Gasteiger partial charge in [0.15, 0.2) is 11.5 Å². The molecule has 2 saturated heterocycles. The molecule has 3 heterocycles. The third kappa shape index (κ3) is 4.86. The lowest BCUT2D eigenvalue weighted by Gasteiger charge is -2.42. The Kier molecular flexibility index (Phi) is 6.89. The van der Waals surface area contributed by atoms with E-state index >= 15 is 0 Å². The van der Waals surface area contributed by atoms with Crippen molar-refractivity contribution in [2.24, 2.45) is 0 Å². The maximum absolute atomic E-state index is 5.57. The Morgan fingerprint density at radius 3 is 2.03 bits per heavy atom. The molecule has 198 valence electrons. The average Bonchev–Trinajstić information content (AvgIpc) is 3.72. The number of aromatic nitrogens is 2. The van der Waals surface area contributed by atoms with Crippen LogP contribution in [0.2, 0.25) is 0 Å². The topological polar surface area (TPSA) is 42.8 Å². The Labute approximate surface area is 221 Å². The fourth-order valence-corrected chi connectivity index (χ4v) is 6.72. The highest BCUT2D eigenvalue weighted by Gasteiger charge is 2.34. The molecule has 6 rings (SSSR count). The van der Waals surface area contributed by atoms with Gasteiger partial charge in [-0.05, 0) is 120 Å². The molecular weight excluding hydrogens is 460 g/mol. The highest BCUT2D eigenvalue weighted by Crippen LogP contribution is 2.37. The minimum atomic E-state index is 0.298. The summed E-state index contributed by atoms with van der Waals surface area (Å²) in [5.41, 5.74) is 4.80. The van der Waals surface area contributed by atoms with Gasteiger partial charge in [-0.15, -0.1) is 0 Å². The molecule has 2 aromatic carbocycles. The predicted molar refractivity (Wildman–Crippen MR) is 150 cm³/mol. The molecule has 3 aromatic rings. The molecule has 3 fully saturated rings. The fourth-order valence-electron chi connectivity index (χ4n) is 6.72. The number of imidazole rings is 1. The predicted octanol–water partition coefficient (Wildman–Crippen LogP) is 6.11. The zero-order chi connectivity index (χ0) is 25.5. The summed E-state index contributed by atoms with van der Waals surface area (Å²) >= 11 is 0. The molecule has 6 nitrogen and oxygen atoms in total. The molecule has 3 aliphatic rings. The maximum atomic E-state index is 5.57. The summed E-state index contributed by atoms with van der Waals surface area (Å²) in [4.78, 5) is 10.6. The van der Waals surface area contributed by atoms with Crippen LogP contribution < -0.4 is 9.47 Å². The van der Waals surface area contributed by atoms with Gasteiger partial charge in [-0.1, -0.05) is 6.07 Å². The Morgan fingerprint density at radius 1 is 0.757 bits per heavy atom. The number of ether oxygens (including phenoxy) is 2. The van der Waals surface area contributed by atoms with Gasteiger partial charge in [0.05, 0.1) is 25.3 Å². The van der Waals surface area contributed by atoms with Crippen LogP contribution in [0.25, 0.3) is 22.4 Å². The lowest BCUT2D eigenvalue weighted by atomic mass is 9.87. The molecule has 1 aromatic heterocycles. The zero-order valence-electron chi connectivity index (χ0n) is 22.9. The number of nitrogens with zero attached hydrogens (tertiary/aromatic N) is 4. The van der Waals surface area contributed by atoms with E-state index in [9.17, 15) is 0 Å². The van der Waals surface area contributed by atoms with Gasteiger partial charge >= 0.3 is 0 Å². The first-order valence-electron chi connectivity index (χ1n) is 14.3. The molecule has 0 amide bonds. The number of methoxy groups -OCH3 is 2. The molecular formula is C31H42N4O2. The first kappa shape index (κ1) is 24.7. The van der Waals surface area contributed by atoms with Crippen LogP contribution in [0.5, 0.6) is 11.5 Å². The van der Waals surface area contributed by atoms with E-state index < -0.39 is 0 Å². The maximum Gasteiger partial charge on any atom is 0.161 e. The second-order valence-electron chi connectivity index (χ2n) is 11.5. The molecule has 0 spiro atoms. The minimum Gasteiger partial charge on any atom is -0.493 e. The van der Waals surface area contributed by atoms with E-state index in [4.69, 9.17) is 14.5 Å². The molecule has 37 heavy (non-hydrogen) atoms. The highest BCUT2D eigenvalue weighted by molar-refractivity contribution is 5.82. The van der Waals surface area contributed by atoms with Crippen LogP contribution >= 0.6 is 0 Å². The Bertz CT molecular complexity index is 1230. The second-order valence-corrected chi connectivity index (χ2v) is 11.5. The zero-order valence-corrected chi connectivity index (χ0v) is 22.9. The standard InChI is InChI=1S/C31H42N4O2/c1-21(2)35-28-19-23(5-9-27(28)32-31(35)24-6-10-29(36-3)30(20-24)37-4)22-11-15-33(16-12-22)26-13-17-34(18-14-26)25-7-8-25/h5-6,9-10,19-22,25-26H,7-8,11-18H2,1-4H3. The molecule has 6 heteroatoms. The molecule has 0 N–H and O–H groups in total. The molecule has 2 aliphatic heterocycles. The van der Waals surface area contributed by atoms with Crippen molar-refractivity contribution in [3.63, 3.8) is 0 Å². The van der Waals surface area contributed by atoms with Crippen LogP contribution in [-0.2, 0) is 0 Å². The molecule has 1 aliphatic carbocycles. The molecule has 0 bridgehead atoms. The Balaban J connectivity index is 1.20. The number of piperidine rings is 2. The lowest BCUT2D eigenvalue weighted by molar-refractivity contribution is 0.0844. The van der Waals surface area contributed by atoms with E-state index in [1.165, 1.54) is 75.8 Å². The first-order valence-corrected chi connectivity index (χ1v) is 14.3. The van der Waals surface area contributed by atoms with Gasteiger partial charge in [-0.2, -0.15) is 0 Å². The van der Waals surface area contributed by atoms with Gasteiger partial charge in [0.1, 0.15) is 5.82 Å². The van der Waals surface area contributed by atoms with E-state index in [-0.39, 0.29) is 0 Å². The summed E-state index contributed by atoms with van der Waals surface area (Å²) < 4.78 is 13.4. The van der Waals surface area contributed by atoms with Gasteiger partial charge in [0, 0.05) is 23.7 Å². The van der Waals surface area contributed by atoms with E-state index in [1.54, 1.807) is 14.2 Å². The van der Waals surface area contributed by atoms with Gasteiger partial charge < -0.3 is 23.8 Å². The van der Waals surface area contributed by atoms with Crippen LogP contribution in [-0.4, -0.2) is 71.8 Å². The quantitative estimate of drug-likeness (QED) is 0.390. The summed E-state index contributed by atoms with van der Waals surface area (Å²) in [5, 5.41) is 0. The van der Waals surface area contributed by atoms with E-state index in [0.29, 0.717) is 12.0 Å². The van der Waals surface area contributed by atoms with E-state index in [1.807, 2.05) is 12.1 Å². The molecule has 1 saturated carbocycles. The number of fused-ring (bicyclic) bond motifs is 1. The molecule has 0 radical (unpaired) electrons. The van der Waals surface area contributed by atoms with Gasteiger partial charge in [0.25, 0.3) is 0 Å². The number of hydrogen-bond acceptors (Lipinski definition) is 5. The largest absolute Gasteiger partial charge is 0.493 e. The second kappa shape index (κ2) is 10.3. The number of hydrogen-bond donors (Lipinski definition) is 0. The SMILES string of the molecule is COc1ccc(-c2nc3ccc(C4CCN(C5CCN(C6CC6)CC5)CC4)cc3n2C(C)C)cc1OC. The Hall–Kier alpha value is -2.57. The third-order valence-corrected chi connectivity index (χ3v) is 8.95. The van der Waals surface area contributed by atoms with Gasteiger partial charge in [-0.25, -0.2) is 4.98 Å². The molecule has 0 unspecified atom stereocenters. The van der Waals surface area contributed by atoms with Crippen LogP contribution in [0.4, 0.5) is 0 Å². The van der Waals surface area contributed by atoms with Crippen molar-refractivity contribution < 1.29 is 9.47 Å². The lowest BCUT2D eigenvalue weighted by Crippen LogP contribution is -2.47. The summed E-state index contributed by atoms with van der Waals surface area (Å²) in [6.45, 7) is 9.57. The normalized spacial score (nSPS) is 20.7. The average molecular weight is 503 g/mol. The number of rotatable bonds is 7. The monoisotopic (exact) mass is 502 g/mol. The van der Waals surface area contributed by atoms with Crippen molar-refractivity contribution >= 4 is 11.0 Å². The fraction of sp³-hybridized carbons (Fsp3) is 0.581. The summed E-state index contributed by atoms with van der Waals surface area (Å²) in [6.07, 6.45) is 8.11. The first-order chi connectivity index (χ1) is 18.1. The van der Waals surface area contributed by atoms with Crippen LogP contribution in [0.1, 0.15) is 69.9 Å². The van der Waals surface area contributed by atoms with Crippen LogP contribution in [0.3, 0.4) is 0 Å². The Morgan fingerprint density at radius 2 is 1.41 bits per heavy atom. The van der Waals surface area contributed by atoms with Gasteiger partial charge in [-0.3, -0.25) is 0 Å². The summed E-state index contributed by atoms with van der Waals surface area (Å²) in [7, 11) is 3.35. The smallest absolute Gasteiger partial charge is 0.161 e. The van der Waals surface area contributed by atoms with Crippen molar-refractivity contribution in [2.75, 3.05) is 40.4 Å².